The highest BCUT2D eigenvalue weighted by Gasteiger charge is 2.07. The highest BCUT2D eigenvalue weighted by molar-refractivity contribution is 7.11. The van der Waals surface area contributed by atoms with Crippen LogP contribution in [0, 0.1) is 6.92 Å². The lowest BCUT2D eigenvalue weighted by atomic mass is 10.2. The van der Waals surface area contributed by atoms with E-state index in [-0.39, 0.29) is 0 Å². The molecule has 0 amide bonds. The van der Waals surface area contributed by atoms with Crippen molar-refractivity contribution >= 4 is 11.3 Å². The van der Waals surface area contributed by atoms with Gasteiger partial charge < -0.3 is 5.73 Å². The third kappa shape index (κ3) is 2.68. The fraction of sp³-hybridized carbons (Fsp3) is 0.308. The summed E-state index contributed by atoms with van der Waals surface area (Å²) in [6.07, 6.45) is 1.87. The standard InChI is InChI=1S/C13H16N2S/c1-10-12(7-8-14)16-13(15-10)9-11-5-3-2-4-6-11/h2-6H,7-9,14H2,1H3. The Morgan fingerprint density at radius 1 is 1.25 bits per heavy atom. The molecule has 1 aromatic carbocycles. The van der Waals surface area contributed by atoms with Gasteiger partial charge in [0, 0.05) is 11.3 Å². The zero-order chi connectivity index (χ0) is 11.4. The molecule has 2 rings (SSSR count). The number of nitrogens with two attached hydrogens (primary N) is 1. The Morgan fingerprint density at radius 3 is 2.69 bits per heavy atom. The summed E-state index contributed by atoms with van der Waals surface area (Å²) in [7, 11) is 0. The molecule has 0 atom stereocenters. The maximum atomic E-state index is 5.57. The van der Waals surface area contributed by atoms with Gasteiger partial charge in [-0.1, -0.05) is 30.3 Å². The van der Waals surface area contributed by atoms with Crippen molar-refractivity contribution in [1.82, 2.24) is 4.98 Å². The third-order valence-corrected chi connectivity index (χ3v) is 3.72. The van der Waals surface area contributed by atoms with Gasteiger partial charge in [-0.15, -0.1) is 11.3 Å². The van der Waals surface area contributed by atoms with Crippen molar-refractivity contribution in [2.45, 2.75) is 19.8 Å². The smallest absolute Gasteiger partial charge is 0.0974 e. The zero-order valence-corrected chi connectivity index (χ0v) is 10.3. The van der Waals surface area contributed by atoms with Gasteiger partial charge in [0.2, 0.25) is 0 Å². The Hall–Kier alpha value is -1.19. The Morgan fingerprint density at radius 2 is 2.00 bits per heavy atom. The van der Waals surface area contributed by atoms with Gasteiger partial charge in [-0.3, -0.25) is 0 Å². The summed E-state index contributed by atoms with van der Waals surface area (Å²) in [5.41, 5.74) is 8.03. The Kier molecular flexibility index (Phi) is 3.70. The summed E-state index contributed by atoms with van der Waals surface area (Å²) in [4.78, 5) is 5.91. The second kappa shape index (κ2) is 5.23. The Balaban J connectivity index is 2.13. The van der Waals surface area contributed by atoms with Crippen LogP contribution in [-0.4, -0.2) is 11.5 Å². The molecule has 1 heterocycles. The van der Waals surface area contributed by atoms with E-state index >= 15 is 0 Å². The van der Waals surface area contributed by atoms with Crippen molar-refractivity contribution in [3.05, 3.63) is 51.5 Å². The van der Waals surface area contributed by atoms with E-state index < -0.39 is 0 Å². The molecule has 16 heavy (non-hydrogen) atoms. The van der Waals surface area contributed by atoms with Crippen LogP contribution in [0.3, 0.4) is 0 Å². The quantitative estimate of drug-likeness (QED) is 0.880. The number of nitrogens with zero attached hydrogens (tertiary/aromatic N) is 1. The molecule has 2 aromatic rings. The van der Waals surface area contributed by atoms with Crippen LogP contribution in [0.4, 0.5) is 0 Å². The molecule has 84 valence electrons. The van der Waals surface area contributed by atoms with Gasteiger partial charge in [0.05, 0.1) is 10.7 Å². The van der Waals surface area contributed by atoms with Crippen molar-refractivity contribution in [3.8, 4) is 0 Å². The van der Waals surface area contributed by atoms with E-state index in [4.69, 9.17) is 5.73 Å². The van der Waals surface area contributed by atoms with Crippen LogP contribution in [0.5, 0.6) is 0 Å². The van der Waals surface area contributed by atoms with Gasteiger partial charge >= 0.3 is 0 Å². The lowest BCUT2D eigenvalue weighted by Gasteiger charge is -1.95. The molecule has 0 unspecified atom stereocenters. The van der Waals surface area contributed by atoms with Crippen LogP contribution in [0.1, 0.15) is 21.1 Å². The molecule has 1 aromatic heterocycles. The first kappa shape index (κ1) is 11.3. The molecule has 2 nitrogen and oxygen atoms in total. The fourth-order valence-electron chi connectivity index (χ4n) is 1.70. The minimum absolute atomic E-state index is 0.702. The van der Waals surface area contributed by atoms with E-state index in [1.54, 1.807) is 11.3 Å². The summed E-state index contributed by atoms with van der Waals surface area (Å²) < 4.78 is 0. The maximum Gasteiger partial charge on any atom is 0.0974 e. The van der Waals surface area contributed by atoms with Crippen LogP contribution in [0.25, 0.3) is 0 Å². The van der Waals surface area contributed by atoms with E-state index in [1.807, 2.05) is 6.07 Å². The maximum absolute atomic E-state index is 5.57. The van der Waals surface area contributed by atoms with Crippen molar-refractivity contribution in [3.63, 3.8) is 0 Å². The number of aromatic nitrogens is 1. The van der Waals surface area contributed by atoms with Gasteiger partial charge in [-0.2, -0.15) is 0 Å². The summed E-state index contributed by atoms with van der Waals surface area (Å²) in [5.74, 6) is 0. The Labute approximate surface area is 100 Å². The van der Waals surface area contributed by atoms with Gasteiger partial charge in [0.1, 0.15) is 0 Å². The van der Waals surface area contributed by atoms with Gasteiger partial charge in [0.15, 0.2) is 0 Å². The first-order chi connectivity index (χ1) is 7.79. The highest BCUT2D eigenvalue weighted by atomic mass is 32.1. The van der Waals surface area contributed by atoms with E-state index in [1.165, 1.54) is 15.4 Å². The molecule has 0 aliphatic rings. The lowest BCUT2D eigenvalue weighted by Crippen LogP contribution is -2.01. The highest BCUT2D eigenvalue weighted by Crippen LogP contribution is 2.20. The average molecular weight is 232 g/mol. The second-order valence-electron chi connectivity index (χ2n) is 3.82. The molecule has 0 fully saturated rings. The summed E-state index contributed by atoms with van der Waals surface area (Å²) in [6.45, 7) is 2.77. The van der Waals surface area contributed by atoms with E-state index in [0.29, 0.717) is 6.54 Å². The van der Waals surface area contributed by atoms with Crippen LogP contribution < -0.4 is 5.73 Å². The van der Waals surface area contributed by atoms with Crippen LogP contribution >= 0.6 is 11.3 Å². The van der Waals surface area contributed by atoms with Crippen molar-refractivity contribution in [1.29, 1.82) is 0 Å². The molecule has 2 N–H and O–H groups in total. The second-order valence-corrected chi connectivity index (χ2v) is 4.99. The summed E-state index contributed by atoms with van der Waals surface area (Å²) in [6, 6.07) is 10.4. The molecule has 0 aliphatic carbocycles. The molecule has 0 saturated carbocycles. The van der Waals surface area contributed by atoms with Crippen molar-refractivity contribution < 1.29 is 0 Å². The van der Waals surface area contributed by atoms with E-state index in [0.717, 1.165) is 18.5 Å². The Bertz CT molecular complexity index is 448. The largest absolute Gasteiger partial charge is 0.330 e. The molecule has 0 aliphatic heterocycles. The van der Waals surface area contributed by atoms with Crippen LogP contribution in [-0.2, 0) is 12.8 Å². The molecular formula is C13H16N2S. The SMILES string of the molecule is Cc1nc(Cc2ccccc2)sc1CCN. The first-order valence-electron chi connectivity index (χ1n) is 5.49. The van der Waals surface area contributed by atoms with Gasteiger partial charge in [0.25, 0.3) is 0 Å². The molecule has 0 radical (unpaired) electrons. The topological polar surface area (TPSA) is 38.9 Å². The first-order valence-corrected chi connectivity index (χ1v) is 6.30. The normalized spacial score (nSPS) is 10.6. The number of aryl methyl sites for hydroxylation is 1. The van der Waals surface area contributed by atoms with Crippen LogP contribution in [0.15, 0.2) is 30.3 Å². The minimum atomic E-state index is 0.702. The monoisotopic (exact) mass is 232 g/mol. The van der Waals surface area contributed by atoms with Crippen molar-refractivity contribution in [2.24, 2.45) is 5.73 Å². The van der Waals surface area contributed by atoms with Gasteiger partial charge in [-0.05, 0) is 25.5 Å². The lowest BCUT2D eigenvalue weighted by molar-refractivity contribution is 0.967. The summed E-state index contributed by atoms with van der Waals surface area (Å²) >= 11 is 1.79. The number of benzene rings is 1. The van der Waals surface area contributed by atoms with Crippen LogP contribution in [0.2, 0.25) is 0 Å². The van der Waals surface area contributed by atoms with Gasteiger partial charge in [-0.25, -0.2) is 4.98 Å². The predicted molar refractivity (Wildman–Crippen MR) is 68.9 cm³/mol. The van der Waals surface area contributed by atoms with E-state index in [9.17, 15) is 0 Å². The van der Waals surface area contributed by atoms with E-state index in [2.05, 4.69) is 36.2 Å². The number of hydrogen-bond acceptors (Lipinski definition) is 3. The number of thiazole rings is 1. The predicted octanol–water partition coefficient (Wildman–Crippen LogP) is 2.54. The third-order valence-electron chi connectivity index (χ3n) is 2.51. The molecular weight excluding hydrogens is 216 g/mol. The minimum Gasteiger partial charge on any atom is -0.330 e. The molecule has 3 heteroatoms. The van der Waals surface area contributed by atoms with Crippen molar-refractivity contribution in [2.75, 3.05) is 6.54 Å². The molecule has 0 spiro atoms. The molecule has 0 saturated heterocycles. The number of rotatable bonds is 4. The molecule has 0 bridgehead atoms. The average Bonchev–Trinajstić information content (AvgIpc) is 2.61. The number of hydrogen-bond donors (Lipinski definition) is 1. The fourth-order valence-corrected chi connectivity index (χ4v) is 2.82. The summed E-state index contributed by atoms with van der Waals surface area (Å²) in [5, 5.41) is 1.19. The zero-order valence-electron chi connectivity index (χ0n) is 9.44.